The monoisotopic (exact) mass is 295 g/mol. The molecule has 0 N–H and O–H groups in total. The van der Waals surface area contributed by atoms with Gasteiger partial charge in [-0.25, -0.2) is 4.79 Å². The summed E-state index contributed by atoms with van der Waals surface area (Å²) in [7, 11) is -3.88. The lowest BCUT2D eigenvalue weighted by molar-refractivity contribution is -0.138. The van der Waals surface area contributed by atoms with Crippen molar-refractivity contribution in [3.8, 4) is 5.75 Å². The van der Waals surface area contributed by atoms with Crippen LogP contribution in [0.4, 0.5) is 0 Å². The van der Waals surface area contributed by atoms with Gasteiger partial charge in [0.25, 0.3) is 0 Å². The second kappa shape index (κ2) is 4.60. The topological polar surface area (TPSA) is 72.9 Å². The number of hydrogen-bond acceptors (Lipinski definition) is 5. The second-order valence-electron chi connectivity index (χ2n) is 4.43. The minimum Gasteiger partial charge on any atom is -0.463 e. The maximum absolute atomic E-state index is 12.1. The lowest BCUT2D eigenvalue weighted by Gasteiger charge is -2.31. The molecular formula is C13H13NO5S. The minimum absolute atomic E-state index is 0.107. The number of esters is 1. The van der Waals surface area contributed by atoms with E-state index in [1.807, 2.05) is 0 Å². The number of hydrogen-bond donors (Lipinski definition) is 0. The van der Waals surface area contributed by atoms with E-state index in [2.05, 4.69) is 0 Å². The van der Waals surface area contributed by atoms with Crippen molar-refractivity contribution in [2.24, 2.45) is 0 Å². The van der Waals surface area contributed by atoms with Crippen LogP contribution in [0.2, 0.25) is 0 Å². The minimum atomic E-state index is -3.88. The normalized spacial score (nSPS) is 23.2. The molecule has 0 bridgehead atoms. The van der Waals surface area contributed by atoms with Crippen molar-refractivity contribution in [3.63, 3.8) is 0 Å². The quantitative estimate of drug-likeness (QED) is 0.766. The molecule has 3 rings (SSSR count). The number of ether oxygens (including phenoxy) is 1. The zero-order valence-electron chi connectivity index (χ0n) is 10.8. The molecule has 0 radical (unpaired) electrons. The summed E-state index contributed by atoms with van der Waals surface area (Å²) in [6.45, 7) is 2.06. The molecule has 1 aromatic carbocycles. The van der Waals surface area contributed by atoms with E-state index in [1.54, 1.807) is 37.3 Å². The summed E-state index contributed by atoms with van der Waals surface area (Å²) in [5.41, 5.74) is 0.991. The van der Waals surface area contributed by atoms with Gasteiger partial charge in [-0.3, -0.25) is 0 Å². The number of rotatable bonds is 2. The van der Waals surface area contributed by atoms with E-state index < -0.39 is 22.3 Å². The van der Waals surface area contributed by atoms with Crippen LogP contribution in [0, 0.1) is 0 Å². The first-order valence-corrected chi connectivity index (χ1v) is 7.58. The molecule has 6 nitrogen and oxygen atoms in total. The average molecular weight is 295 g/mol. The number of nitrogens with zero attached hydrogens (tertiary/aromatic N) is 1. The number of benzene rings is 1. The molecule has 0 fully saturated rings. The van der Waals surface area contributed by atoms with Crippen LogP contribution in [-0.4, -0.2) is 31.8 Å². The lowest BCUT2D eigenvalue weighted by Crippen LogP contribution is -2.40. The van der Waals surface area contributed by atoms with Gasteiger partial charge in [0, 0.05) is 12.1 Å². The molecule has 0 aliphatic carbocycles. The molecule has 20 heavy (non-hydrogen) atoms. The largest absolute Gasteiger partial charge is 0.463 e. The Hall–Kier alpha value is -1.86. The fraction of sp³-hybridized carbons (Fsp3) is 0.308. The van der Waals surface area contributed by atoms with Crippen LogP contribution in [-0.2, 0) is 19.8 Å². The van der Waals surface area contributed by atoms with Crippen molar-refractivity contribution in [3.05, 3.63) is 41.5 Å². The second-order valence-corrected chi connectivity index (χ2v) is 5.92. The highest BCUT2D eigenvalue weighted by Gasteiger charge is 2.46. The fourth-order valence-electron chi connectivity index (χ4n) is 2.46. The van der Waals surface area contributed by atoms with E-state index in [0.29, 0.717) is 11.1 Å². The standard InChI is InChI=1S/C13H13NO5S/c1-2-18-13(15)10-7-8-14-12(10)9-5-3-4-6-11(9)19-20(14,16)17/h3-7,12H,2,8H2,1H3. The third-order valence-electron chi connectivity index (χ3n) is 3.28. The maximum Gasteiger partial charge on any atom is 0.386 e. The molecular weight excluding hydrogens is 282 g/mol. The molecule has 2 heterocycles. The van der Waals surface area contributed by atoms with Crippen molar-refractivity contribution in [2.45, 2.75) is 13.0 Å². The van der Waals surface area contributed by atoms with Crippen LogP contribution in [0.25, 0.3) is 0 Å². The van der Waals surface area contributed by atoms with Gasteiger partial charge in [-0.15, -0.1) is 0 Å². The highest BCUT2D eigenvalue weighted by atomic mass is 32.2. The third-order valence-corrected chi connectivity index (χ3v) is 4.61. The van der Waals surface area contributed by atoms with Crippen molar-refractivity contribution >= 4 is 16.3 Å². The summed E-state index contributed by atoms with van der Waals surface area (Å²) in [5.74, 6) is -0.238. The first-order chi connectivity index (χ1) is 9.54. The van der Waals surface area contributed by atoms with Gasteiger partial charge in [0.1, 0.15) is 5.75 Å². The Morgan fingerprint density at radius 1 is 1.45 bits per heavy atom. The predicted molar refractivity (Wildman–Crippen MR) is 70.2 cm³/mol. The van der Waals surface area contributed by atoms with E-state index in [-0.39, 0.29) is 18.9 Å². The zero-order chi connectivity index (χ0) is 14.3. The molecule has 106 valence electrons. The van der Waals surface area contributed by atoms with Crippen LogP contribution in [0.15, 0.2) is 35.9 Å². The summed E-state index contributed by atoms with van der Waals surface area (Å²) in [4.78, 5) is 12.0. The van der Waals surface area contributed by atoms with E-state index in [4.69, 9.17) is 8.92 Å². The molecule has 0 amide bonds. The molecule has 1 aromatic rings. The molecule has 2 aliphatic rings. The summed E-state index contributed by atoms with van der Waals surface area (Å²) in [5, 5.41) is 0. The lowest BCUT2D eigenvalue weighted by atomic mass is 10.00. The van der Waals surface area contributed by atoms with Crippen molar-refractivity contribution in [1.82, 2.24) is 4.31 Å². The van der Waals surface area contributed by atoms with Crippen molar-refractivity contribution in [2.75, 3.05) is 13.2 Å². The molecule has 7 heteroatoms. The first-order valence-electron chi connectivity index (χ1n) is 6.22. The Balaban J connectivity index is 2.09. The molecule has 1 unspecified atom stereocenters. The van der Waals surface area contributed by atoms with Crippen LogP contribution >= 0.6 is 0 Å². The Morgan fingerprint density at radius 2 is 2.20 bits per heavy atom. The number of carbonyl (C=O) groups is 1. The SMILES string of the molecule is CCOC(=O)C1=CCN2C1c1ccccc1OS2(=O)=O. The zero-order valence-corrected chi connectivity index (χ0v) is 11.6. The van der Waals surface area contributed by atoms with E-state index >= 15 is 0 Å². The van der Waals surface area contributed by atoms with Gasteiger partial charge < -0.3 is 8.92 Å². The number of para-hydroxylation sites is 1. The van der Waals surface area contributed by atoms with Crippen LogP contribution in [0.5, 0.6) is 5.75 Å². The smallest absolute Gasteiger partial charge is 0.386 e. The molecule has 0 spiro atoms. The predicted octanol–water partition coefficient (Wildman–Crippen LogP) is 1.17. The summed E-state index contributed by atoms with van der Waals surface area (Å²) in [6, 6.07) is 6.13. The third kappa shape index (κ3) is 1.90. The Kier molecular flexibility index (Phi) is 3.02. The highest BCUT2D eigenvalue weighted by molar-refractivity contribution is 7.84. The van der Waals surface area contributed by atoms with Gasteiger partial charge in [-0.1, -0.05) is 24.3 Å². The van der Waals surface area contributed by atoms with Crippen LogP contribution in [0.3, 0.4) is 0 Å². The summed E-state index contributed by atoms with van der Waals surface area (Å²) >= 11 is 0. The van der Waals surface area contributed by atoms with Crippen molar-refractivity contribution < 1.29 is 22.1 Å². The van der Waals surface area contributed by atoms with Gasteiger partial charge in [-0.2, -0.15) is 12.7 Å². The average Bonchev–Trinajstić information content (AvgIpc) is 2.84. The van der Waals surface area contributed by atoms with E-state index in [0.717, 1.165) is 4.31 Å². The van der Waals surface area contributed by atoms with Gasteiger partial charge >= 0.3 is 16.3 Å². The van der Waals surface area contributed by atoms with Gasteiger partial charge in [-0.05, 0) is 13.0 Å². The molecule has 0 aromatic heterocycles. The summed E-state index contributed by atoms with van der Waals surface area (Å²) in [6.07, 6.45) is 1.58. The van der Waals surface area contributed by atoms with Crippen LogP contribution < -0.4 is 4.18 Å². The van der Waals surface area contributed by atoms with Gasteiger partial charge in [0.05, 0.1) is 18.2 Å². The Labute approximate surface area is 116 Å². The highest BCUT2D eigenvalue weighted by Crippen LogP contribution is 2.44. The molecule has 2 aliphatic heterocycles. The Bertz CT molecular complexity index is 694. The van der Waals surface area contributed by atoms with E-state index in [9.17, 15) is 13.2 Å². The molecule has 0 saturated carbocycles. The number of carbonyl (C=O) groups excluding carboxylic acids is 1. The fourth-order valence-corrected chi connectivity index (χ4v) is 3.67. The maximum atomic E-state index is 12.1. The summed E-state index contributed by atoms with van der Waals surface area (Å²) < 4.78 is 35.3. The molecule has 1 atom stereocenters. The van der Waals surface area contributed by atoms with Crippen molar-refractivity contribution in [1.29, 1.82) is 0 Å². The first kappa shape index (κ1) is 13.1. The molecule has 0 saturated heterocycles. The van der Waals surface area contributed by atoms with Gasteiger partial charge in [0.2, 0.25) is 0 Å². The van der Waals surface area contributed by atoms with E-state index in [1.165, 1.54) is 0 Å². The van der Waals surface area contributed by atoms with Crippen LogP contribution in [0.1, 0.15) is 18.5 Å². The number of fused-ring (bicyclic) bond motifs is 3. The van der Waals surface area contributed by atoms with Gasteiger partial charge in [0.15, 0.2) is 0 Å². The Morgan fingerprint density at radius 3 is 2.95 bits per heavy atom.